The molecule has 0 aliphatic rings. The van der Waals surface area contributed by atoms with E-state index in [1.165, 1.54) is 33.7 Å². The molecule has 0 atom stereocenters. The van der Waals surface area contributed by atoms with Gasteiger partial charge in [-0.1, -0.05) is 41.7 Å². The third-order valence-corrected chi connectivity index (χ3v) is 4.87. The Morgan fingerprint density at radius 1 is 1.30 bits per heavy atom. The van der Waals surface area contributed by atoms with Crippen LogP contribution in [0.4, 0.5) is 0 Å². The normalized spacial score (nSPS) is 11.0. The van der Waals surface area contributed by atoms with E-state index in [-0.39, 0.29) is 11.3 Å². The zero-order chi connectivity index (χ0) is 16.2. The van der Waals surface area contributed by atoms with Gasteiger partial charge in [-0.15, -0.1) is 11.8 Å². The quantitative estimate of drug-likeness (QED) is 0.735. The van der Waals surface area contributed by atoms with E-state index in [1.54, 1.807) is 0 Å². The van der Waals surface area contributed by atoms with E-state index in [2.05, 4.69) is 10.1 Å². The standard InChI is InChI=1S/C15H13N3O3S2/c19-13-7-11(8-22-9-14(20)21)16-15-18(13)17-12(23-15)6-10-4-2-1-3-5-10/h1-5,7H,6,8-9H2,(H,20,21). The predicted octanol–water partition coefficient (Wildman–Crippen LogP) is 2.06. The summed E-state index contributed by atoms with van der Waals surface area (Å²) in [5.41, 5.74) is 1.46. The van der Waals surface area contributed by atoms with Gasteiger partial charge in [0.25, 0.3) is 5.56 Å². The molecule has 0 radical (unpaired) electrons. The maximum atomic E-state index is 12.1. The lowest BCUT2D eigenvalue weighted by Crippen LogP contribution is -2.15. The predicted molar refractivity (Wildman–Crippen MR) is 90.2 cm³/mol. The zero-order valence-electron chi connectivity index (χ0n) is 12.0. The van der Waals surface area contributed by atoms with Crippen molar-refractivity contribution in [1.82, 2.24) is 14.6 Å². The number of aliphatic carboxylic acids is 1. The van der Waals surface area contributed by atoms with E-state index in [9.17, 15) is 9.59 Å². The van der Waals surface area contributed by atoms with Gasteiger partial charge in [0.05, 0.1) is 11.4 Å². The molecule has 0 amide bonds. The van der Waals surface area contributed by atoms with E-state index in [4.69, 9.17) is 5.11 Å². The van der Waals surface area contributed by atoms with Crippen molar-refractivity contribution in [2.24, 2.45) is 0 Å². The fourth-order valence-corrected chi connectivity index (χ4v) is 3.64. The topological polar surface area (TPSA) is 84.6 Å². The lowest BCUT2D eigenvalue weighted by atomic mass is 10.2. The molecule has 6 nitrogen and oxygen atoms in total. The van der Waals surface area contributed by atoms with Crippen LogP contribution in [0.1, 0.15) is 16.3 Å². The second-order valence-corrected chi connectivity index (χ2v) is 6.85. The summed E-state index contributed by atoms with van der Waals surface area (Å²) in [4.78, 5) is 27.6. The first kappa shape index (κ1) is 15.7. The molecule has 0 spiro atoms. The van der Waals surface area contributed by atoms with Crippen molar-refractivity contribution in [2.75, 3.05) is 5.75 Å². The Labute approximate surface area is 139 Å². The van der Waals surface area contributed by atoms with Gasteiger partial charge in [-0.25, -0.2) is 4.98 Å². The summed E-state index contributed by atoms with van der Waals surface area (Å²) in [6.45, 7) is 0. The van der Waals surface area contributed by atoms with Gasteiger partial charge in [-0.3, -0.25) is 9.59 Å². The number of carboxylic acids is 1. The number of aromatic nitrogens is 3. The van der Waals surface area contributed by atoms with Crippen LogP contribution in [0.15, 0.2) is 41.2 Å². The minimum absolute atomic E-state index is 0.0109. The molecule has 0 aliphatic carbocycles. The van der Waals surface area contributed by atoms with Crippen molar-refractivity contribution in [3.8, 4) is 0 Å². The van der Waals surface area contributed by atoms with E-state index >= 15 is 0 Å². The Morgan fingerprint density at radius 2 is 2.09 bits per heavy atom. The molecule has 0 saturated carbocycles. The first-order valence-corrected chi connectivity index (χ1v) is 8.81. The van der Waals surface area contributed by atoms with Gasteiger partial charge in [0.15, 0.2) is 0 Å². The highest BCUT2D eigenvalue weighted by Gasteiger charge is 2.10. The summed E-state index contributed by atoms with van der Waals surface area (Å²) < 4.78 is 1.30. The summed E-state index contributed by atoms with van der Waals surface area (Å²) in [6.07, 6.45) is 0.650. The number of nitrogens with zero attached hydrogens (tertiary/aromatic N) is 3. The van der Waals surface area contributed by atoms with Crippen LogP contribution in [0.5, 0.6) is 0 Å². The van der Waals surface area contributed by atoms with Gasteiger partial charge in [0.2, 0.25) is 4.96 Å². The first-order valence-electron chi connectivity index (χ1n) is 6.84. The van der Waals surface area contributed by atoms with Crippen molar-refractivity contribution >= 4 is 34.0 Å². The first-order chi connectivity index (χ1) is 11.1. The van der Waals surface area contributed by atoms with E-state index in [0.29, 0.717) is 22.8 Å². The SMILES string of the molecule is O=C(O)CSCc1cc(=O)n2nc(Cc3ccccc3)sc2n1. The molecule has 118 valence electrons. The molecule has 3 rings (SSSR count). The fraction of sp³-hybridized carbons (Fsp3) is 0.200. The van der Waals surface area contributed by atoms with Crippen LogP contribution in [0.2, 0.25) is 0 Å². The Bertz CT molecular complexity index is 890. The average molecular weight is 347 g/mol. The second kappa shape index (κ2) is 6.93. The minimum Gasteiger partial charge on any atom is -0.481 e. The van der Waals surface area contributed by atoms with Gasteiger partial charge in [-0.05, 0) is 5.56 Å². The average Bonchev–Trinajstić information content (AvgIpc) is 2.91. The van der Waals surface area contributed by atoms with Crippen molar-refractivity contribution < 1.29 is 9.90 Å². The highest BCUT2D eigenvalue weighted by Crippen LogP contribution is 2.17. The molecule has 3 aromatic rings. The van der Waals surface area contributed by atoms with Crippen molar-refractivity contribution in [3.63, 3.8) is 0 Å². The van der Waals surface area contributed by atoms with Crippen LogP contribution in [0, 0.1) is 0 Å². The van der Waals surface area contributed by atoms with Crippen molar-refractivity contribution in [2.45, 2.75) is 12.2 Å². The van der Waals surface area contributed by atoms with Gasteiger partial charge >= 0.3 is 5.97 Å². The van der Waals surface area contributed by atoms with Crippen molar-refractivity contribution in [3.05, 3.63) is 63.0 Å². The molecule has 0 unspecified atom stereocenters. The molecule has 2 heterocycles. The maximum absolute atomic E-state index is 12.1. The molecule has 1 N–H and O–H groups in total. The number of carboxylic acid groups (broad SMARTS) is 1. The monoisotopic (exact) mass is 347 g/mol. The van der Waals surface area contributed by atoms with Crippen LogP contribution >= 0.6 is 23.1 Å². The number of thioether (sulfide) groups is 1. The number of fused-ring (bicyclic) bond motifs is 1. The van der Waals surface area contributed by atoms with Gasteiger partial charge < -0.3 is 5.11 Å². The Kier molecular flexibility index (Phi) is 4.73. The number of rotatable bonds is 6. The Balaban J connectivity index is 1.83. The van der Waals surface area contributed by atoms with Crippen LogP contribution in [0.3, 0.4) is 0 Å². The summed E-state index contributed by atoms with van der Waals surface area (Å²) in [5.74, 6) is -0.497. The summed E-state index contributed by atoms with van der Waals surface area (Å²) >= 11 is 2.59. The van der Waals surface area contributed by atoms with Gasteiger partial charge in [0, 0.05) is 18.2 Å². The van der Waals surface area contributed by atoms with Crippen LogP contribution in [0.25, 0.3) is 4.96 Å². The Hall–Kier alpha value is -2.19. The van der Waals surface area contributed by atoms with Crippen molar-refractivity contribution in [1.29, 1.82) is 0 Å². The molecule has 0 bridgehead atoms. The van der Waals surface area contributed by atoms with E-state index in [1.807, 2.05) is 30.3 Å². The smallest absolute Gasteiger partial charge is 0.313 e. The van der Waals surface area contributed by atoms with Crippen LogP contribution in [-0.4, -0.2) is 31.4 Å². The molecule has 1 aromatic carbocycles. The van der Waals surface area contributed by atoms with E-state index in [0.717, 1.165) is 10.6 Å². The molecule has 23 heavy (non-hydrogen) atoms. The van der Waals surface area contributed by atoms with Gasteiger partial charge in [-0.2, -0.15) is 9.61 Å². The van der Waals surface area contributed by atoms with Crippen LogP contribution in [-0.2, 0) is 17.0 Å². The Morgan fingerprint density at radius 3 is 2.83 bits per heavy atom. The number of benzene rings is 1. The summed E-state index contributed by atoms with van der Waals surface area (Å²) in [7, 11) is 0. The molecule has 2 aromatic heterocycles. The largest absolute Gasteiger partial charge is 0.481 e. The van der Waals surface area contributed by atoms with E-state index < -0.39 is 5.97 Å². The highest BCUT2D eigenvalue weighted by molar-refractivity contribution is 7.99. The summed E-state index contributed by atoms with van der Waals surface area (Å²) in [6, 6.07) is 11.3. The second-order valence-electron chi connectivity index (χ2n) is 4.82. The molecule has 8 heteroatoms. The number of hydrogen-bond donors (Lipinski definition) is 1. The molecule has 0 saturated heterocycles. The summed E-state index contributed by atoms with van der Waals surface area (Å²) in [5, 5.41) is 13.8. The van der Waals surface area contributed by atoms with Gasteiger partial charge in [0.1, 0.15) is 5.01 Å². The minimum atomic E-state index is -0.879. The zero-order valence-corrected chi connectivity index (χ0v) is 13.6. The fourth-order valence-electron chi connectivity index (χ4n) is 2.05. The number of carbonyl (C=O) groups is 1. The highest BCUT2D eigenvalue weighted by atomic mass is 32.2. The molecule has 0 fully saturated rings. The molecule has 0 aliphatic heterocycles. The lowest BCUT2D eigenvalue weighted by molar-refractivity contribution is -0.133. The molecular formula is C15H13N3O3S2. The number of hydrogen-bond acceptors (Lipinski definition) is 6. The molecular weight excluding hydrogens is 334 g/mol. The third-order valence-electron chi connectivity index (χ3n) is 3.01. The third kappa shape index (κ3) is 3.96. The van der Waals surface area contributed by atoms with Crippen LogP contribution < -0.4 is 5.56 Å². The lowest BCUT2D eigenvalue weighted by Gasteiger charge is -1.98. The maximum Gasteiger partial charge on any atom is 0.313 e.